The first kappa shape index (κ1) is 23.5. The van der Waals surface area contributed by atoms with Gasteiger partial charge >= 0.3 is 12.1 Å². The Morgan fingerprint density at radius 1 is 1.19 bits per heavy atom. The topological polar surface area (TPSA) is 90.7 Å². The monoisotopic (exact) mass is 459 g/mol. The summed E-state index contributed by atoms with van der Waals surface area (Å²) in [7, 11) is 0. The first-order valence-electron chi connectivity index (χ1n) is 10.3. The van der Waals surface area contributed by atoms with Crippen LogP contribution in [0, 0.1) is 0 Å². The van der Waals surface area contributed by atoms with Crippen molar-refractivity contribution in [2.75, 3.05) is 19.7 Å². The summed E-state index contributed by atoms with van der Waals surface area (Å²) in [6, 6.07) is 8.35. The van der Waals surface area contributed by atoms with Gasteiger partial charge in [0.2, 0.25) is 0 Å². The lowest BCUT2D eigenvalue weighted by molar-refractivity contribution is 0.0269. The van der Waals surface area contributed by atoms with Gasteiger partial charge in [0.1, 0.15) is 11.2 Å². The Morgan fingerprint density at radius 3 is 2.44 bits per heavy atom. The highest BCUT2D eigenvalue weighted by molar-refractivity contribution is 6.30. The van der Waals surface area contributed by atoms with Crippen LogP contribution in [0.25, 0.3) is 17.0 Å². The number of hydrogen-bond acceptors (Lipinski definition) is 6. The van der Waals surface area contributed by atoms with E-state index in [0.29, 0.717) is 34.9 Å². The number of esters is 1. The maximum Gasteiger partial charge on any atom is 0.410 e. The number of aromatic nitrogens is 2. The molecule has 0 atom stereocenters. The Kier molecular flexibility index (Phi) is 7.03. The molecule has 9 heteroatoms. The lowest BCUT2D eigenvalue weighted by Gasteiger charge is -2.29. The van der Waals surface area contributed by atoms with Crippen molar-refractivity contribution in [3.05, 3.63) is 57.3 Å². The van der Waals surface area contributed by atoms with Gasteiger partial charge in [0.15, 0.2) is 0 Å². The third kappa shape index (κ3) is 5.56. The molecule has 32 heavy (non-hydrogen) atoms. The maximum atomic E-state index is 13.1. The van der Waals surface area contributed by atoms with Crippen LogP contribution in [0.3, 0.4) is 0 Å². The lowest BCUT2D eigenvalue weighted by Crippen LogP contribution is -2.40. The van der Waals surface area contributed by atoms with Crippen LogP contribution in [0.5, 0.6) is 0 Å². The highest BCUT2D eigenvalue weighted by atomic mass is 35.5. The van der Waals surface area contributed by atoms with E-state index in [1.807, 2.05) is 0 Å². The van der Waals surface area contributed by atoms with Crippen LogP contribution in [0.1, 0.15) is 44.5 Å². The molecule has 0 saturated heterocycles. The molecule has 0 unspecified atom stereocenters. The van der Waals surface area contributed by atoms with E-state index < -0.39 is 23.2 Å². The highest BCUT2D eigenvalue weighted by Gasteiger charge is 2.26. The molecule has 0 aliphatic carbocycles. The molecule has 2 aromatic rings. The van der Waals surface area contributed by atoms with Crippen molar-refractivity contribution in [1.82, 2.24) is 14.7 Å². The predicted octanol–water partition coefficient (Wildman–Crippen LogP) is 4.22. The molecule has 1 aliphatic rings. The van der Waals surface area contributed by atoms with Gasteiger partial charge in [0, 0.05) is 35.8 Å². The second-order valence-corrected chi connectivity index (χ2v) is 8.70. The fraction of sp³-hybridized carbons (Fsp3) is 0.391. The number of halogens is 1. The average molecular weight is 460 g/mol. The summed E-state index contributed by atoms with van der Waals surface area (Å²) in [5, 5.41) is 5.04. The molecule has 3 rings (SSSR count). The van der Waals surface area contributed by atoms with Crippen molar-refractivity contribution in [2.45, 2.75) is 39.7 Å². The molecule has 1 aromatic heterocycles. The zero-order valence-corrected chi connectivity index (χ0v) is 19.3. The van der Waals surface area contributed by atoms with E-state index in [9.17, 15) is 14.4 Å². The van der Waals surface area contributed by atoms with Gasteiger partial charge in [0.25, 0.3) is 5.56 Å². The Balaban J connectivity index is 1.98. The largest absolute Gasteiger partial charge is 0.462 e. The fourth-order valence-electron chi connectivity index (χ4n) is 3.15. The minimum Gasteiger partial charge on any atom is -0.462 e. The van der Waals surface area contributed by atoms with Crippen LogP contribution in [-0.4, -0.2) is 52.0 Å². The third-order valence-electron chi connectivity index (χ3n) is 4.66. The van der Waals surface area contributed by atoms with Gasteiger partial charge in [-0.25, -0.2) is 14.3 Å². The van der Waals surface area contributed by atoms with Gasteiger partial charge < -0.3 is 14.4 Å². The summed E-state index contributed by atoms with van der Waals surface area (Å²) in [4.78, 5) is 39.4. The van der Waals surface area contributed by atoms with E-state index in [2.05, 4.69) is 5.10 Å². The quantitative estimate of drug-likeness (QED) is 0.636. The van der Waals surface area contributed by atoms with E-state index in [-0.39, 0.29) is 18.7 Å². The second-order valence-electron chi connectivity index (χ2n) is 8.26. The molecule has 0 spiro atoms. The zero-order chi connectivity index (χ0) is 23.5. The van der Waals surface area contributed by atoms with Crippen LogP contribution in [0.15, 0.2) is 41.2 Å². The zero-order valence-electron chi connectivity index (χ0n) is 18.6. The molecule has 1 aromatic carbocycles. The van der Waals surface area contributed by atoms with Crippen molar-refractivity contribution in [3.8, 4) is 11.3 Å². The smallest absolute Gasteiger partial charge is 0.410 e. The molecule has 0 N–H and O–H groups in total. The van der Waals surface area contributed by atoms with Crippen molar-refractivity contribution < 1.29 is 19.1 Å². The number of rotatable bonds is 4. The number of amides is 1. The van der Waals surface area contributed by atoms with E-state index in [0.717, 1.165) is 0 Å². The highest BCUT2D eigenvalue weighted by Crippen LogP contribution is 2.22. The summed E-state index contributed by atoms with van der Waals surface area (Å²) in [5.41, 5.74) is 0.443. The number of carbonyl (C=O) groups excluding carboxylic acids is 2. The SMILES string of the molecule is CCOC(=O)c1cc(-c2ccc(Cl)cc2)nn(C2=CCN(C(=O)OC(C)(C)C)CC2)c1=O. The first-order chi connectivity index (χ1) is 15.1. The molecule has 0 saturated carbocycles. The second kappa shape index (κ2) is 9.56. The van der Waals surface area contributed by atoms with Gasteiger partial charge in [-0.05, 0) is 52.0 Å². The Hall–Kier alpha value is -3.13. The van der Waals surface area contributed by atoms with E-state index in [1.165, 1.54) is 10.7 Å². The average Bonchev–Trinajstić information content (AvgIpc) is 2.73. The molecule has 0 radical (unpaired) electrons. The molecule has 8 nitrogen and oxygen atoms in total. The molecule has 1 aliphatic heterocycles. The van der Waals surface area contributed by atoms with Crippen LogP contribution < -0.4 is 5.56 Å². The van der Waals surface area contributed by atoms with E-state index in [4.69, 9.17) is 21.1 Å². The Labute approximate surface area is 191 Å². The van der Waals surface area contributed by atoms with Crippen molar-refractivity contribution >= 4 is 29.4 Å². The van der Waals surface area contributed by atoms with Crippen LogP contribution in [0.4, 0.5) is 4.79 Å². The van der Waals surface area contributed by atoms with Gasteiger partial charge in [-0.1, -0.05) is 23.7 Å². The van der Waals surface area contributed by atoms with Gasteiger partial charge in [-0.15, -0.1) is 0 Å². The molecule has 2 heterocycles. The first-order valence-corrected chi connectivity index (χ1v) is 10.7. The Morgan fingerprint density at radius 2 is 1.88 bits per heavy atom. The molecule has 170 valence electrons. The van der Waals surface area contributed by atoms with Crippen LogP contribution in [0.2, 0.25) is 5.02 Å². The van der Waals surface area contributed by atoms with E-state index in [1.54, 1.807) is 62.9 Å². The van der Waals surface area contributed by atoms with Crippen molar-refractivity contribution in [1.29, 1.82) is 0 Å². The fourth-order valence-corrected chi connectivity index (χ4v) is 3.28. The summed E-state index contributed by atoms with van der Waals surface area (Å²) in [6.07, 6.45) is 1.69. The van der Waals surface area contributed by atoms with Crippen molar-refractivity contribution in [2.24, 2.45) is 0 Å². The van der Waals surface area contributed by atoms with Crippen molar-refractivity contribution in [3.63, 3.8) is 0 Å². The summed E-state index contributed by atoms with van der Waals surface area (Å²) >= 11 is 5.98. The third-order valence-corrected chi connectivity index (χ3v) is 4.91. The number of carbonyl (C=O) groups is 2. The number of hydrogen-bond donors (Lipinski definition) is 0. The van der Waals surface area contributed by atoms with Crippen LogP contribution in [-0.2, 0) is 9.47 Å². The Bertz CT molecular complexity index is 1100. The molecule has 0 bridgehead atoms. The number of nitrogens with zero attached hydrogens (tertiary/aromatic N) is 3. The van der Waals surface area contributed by atoms with Gasteiger partial charge in [-0.3, -0.25) is 4.79 Å². The summed E-state index contributed by atoms with van der Waals surface area (Å²) in [5.74, 6) is -0.712. The molecular weight excluding hydrogens is 434 g/mol. The standard InChI is InChI=1S/C23H26ClN3O5/c1-5-31-21(29)18-14-19(15-6-8-16(24)9-7-15)25-27(20(18)28)17-10-12-26(13-11-17)22(30)32-23(2,3)4/h6-10,14H,5,11-13H2,1-4H3. The van der Waals surface area contributed by atoms with Gasteiger partial charge in [-0.2, -0.15) is 5.10 Å². The van der Waals surface area contributed by atoms with E-state index >= 15 is 0 Å². The predicted molar refractivity (Wildman–Crippen MR) is 122 cm³/mol. The number of ether oxygens (including phenoxy) is 2. The maximum absolute atomic E-state index is 13.1. The minimum atomic E-state index is -0.712. The van der Waals surface area contributed by atoms with Crippen LogP contribution >= 0.6 is 11.6 Å². The molecule has 0 fully saturated rings. The minimum absolute atomic E-state index is 0.109. The lowest BCUT2D eigenvalue weighted by atomic mass is 10.1. The normalized spacial score (nSPS) is 14.0. The summed E-state index contributed by atoms with van der Waals surface area (Å²) in [6.45, 7) is 7.85. The summed E-state index contributed by atoms with van der Waals surface area (Å²) < 4.78 is 11.7. The number of benzene rings is 1. The van der Waals surface area contributed by atoms with Gasteiger partial charge in [0.05, 0.1) is 12.3 Å². The molecule has 1 amide bonds. The molecular formula is C23H26ClN3O5.